The number of hydrogen-bond donors (Lipinski definition) is 2. The van der Waals surface area contributed by atoms with Crippen LogP contribution in [0.2, 0.25) is 0 Å². The van der Waals surface area contributed by atoms with Crippen molar-refractivity contribution in [3.05, 3.63) is 60.4 Å². The van der Waals surface area contributed by atoms with E-state index in [1.54, 1.807) is 12.1 Å². The smallest absolute Gasteiger partial charge is 0.311 e. The quantitative estimate of drug-likeness (QED) is 0.537. The van der Waals surface area contributed by atoms with Crippen LogP contribution in [0.1, 0.15) is 12.2 Å². The molecule has 0 unspecified atom stereocenters. The monoisotopic (exact) mass is 434 g/mol. The zero-order valence-electron chi connectivity index (χ0n) is 17.4. The summed E-state index contributed by atoms with van der Waals surface area (Å²) in [5.41, 5.74) is 7.17. The molecule has 1 aliphatic rings. The van der Waals surface area contributed by atoms with Crippen LogP contribution in [-0.2, 0) is 20.9 Å². The van der Waals surface area contributed by atoms with Gasteiger partial charge in [0.2, 0.25) is 17.8 Å². The number of aromatic nitrogens is 3. The summed E-state index contributed by atoms with van der Waals surface area (Å²) >= 11 is 0. The number of anilines is 4. The lowest BCUT2D eigenvalue weighted by Crippen LogP contribution is -2.27. The summed E-state index contributed by atoms with van der Waals surface area (Å²) in [5.74, 6) is -0.267. The third-order valence-corrected chi connectivity index (χ3v) is 4.91. The second-order valence-electron chi connectivity index (χ2n) is 7.11. The molecule has 0 radical (unpaired) electrons. The van der Waals surface area contributed by atoms with Crippen molar-refractivity contribution in [3.63, 3.8) is 0 Å². The van der Waals surface area contributed by atoms with Crippen LogP contribution in [-0.4, -0.2) is 40.5 Å². The summed E-state index contributed by atoms with van der Waals surface area (Å²) < 4.78 is 10.7. The lowest BCUT2D eigenvalue weighted by atomic mass is 10.1. The van der Waals surface area contributed by atoms with Gasteiger partial charge in [-0.05, 0) is 24.3 Å². The fourth-order valence-electron chi connectivity index (χ4n) is 3.41. The Labute approximate surface area is 184 Å². The maximum absolute atomic E-state index is 12.6. The normalized spacial score (nSPS) is 15.5. The van der Waals surface area contributed by atoms with Gasteiger partial charge in [0.25, 0.3) is 0 Å². The molecule has 1 atom stereocenters. The highest BCUT2D eigenvalue weighted by Crippen LogP contribution is 2.33. The standard InChI is InChI=1S/C22H22N6O4/c1-31-17-10-6-5-9-16(17)28-12-14(11-19(28)29)20(30)32-13-18-25-21(23)27-22(26-18)24-15-7-3-2-4-8-15/h2-10,14H,11-13H2,1H3,(H3,23,24,25,26,27)/t14-/m1/s1. The van der Waals surface area contributed by atoms with Gasteiger partial charge in [-0.15, -0.1) is 0 Å². The SMILES string of the molecule is COc1ccccc1N1C[C@H](C(=O)OCc2nc(N)nc(Nc3ccccc3)n2)CC1=O. The average Bonchev–Trinajstić information content (AvgIpc) is 3.19. The number of ether oxygens (including phenoxy) is 2. The molecule has 1 aliphatic heterocycles. The molecule has 1 aromatic heterocycles. The molecule has 3 N–H and O–H groups in total. The van der Waals surface area contributed by atoms with E-state index in [0.29, 0.717) is 11.4 Å². The molecule has 1 amide bonds. The predicted octanol–water partition coefficient (Wildman–Crippen LogP) is 2.30. The minimum atomic E-state index is -0.603. The Balaban J connectivity index is 1.39. The Hall–Kier alpha value is -4.21. The molecular formula is C22H22N6O4. The van der Waals surface area contributed by atoms with E-state index in [-0.39, 0.29) is 43.2 Å². The second kappa shape index (κ2) is 9.29. The fourth-order valence-corrected chi connectivity index (χ4v) is 3.41. The number of rotatable bonds is 7. The number of esters is 1. The molecule has 0 aliphatic carbocycles. The lowest BCUT2D eigenvalue weighted by Gasteiger charge is -2.19. The average molecular weight is 434 g/mol. The molecule has 164 valence electrons. The van der Waals surface area contributed by atoms with E-state index < -0.39 is 11.9 Å². The summed E-state index contributed by atoms with van der Waals surface area (Å²) in [6.07, 6.45) is 0.0526. The maximum atomic E-state index is 12.6. The Morgan fingerprint density at radius 2 is 1.88 bits per heavy atom. The minimum absolute atomic E-state index is 0.00266. The predicted molar refractivity (Wildman–Crippen MR) is 117 cm³/mol. The summed E-state index contributed by atoms with van der Waals surface area (Å²) in [5, 5.41) is 3.02. The van der Waals surface area contributed by atoms with Crippen molar-refractivity contribution >= 4 is 35.1 Å². The molecule has 1 fully saturated rings. The van der Waals surface area contributed by atoms with Gasteiger partial charge in [0.1, 0.15) is 5.75 Å². The Morgan fingerprint density at radius 3 is 2.66 bits per heavy atom. The van der Waals surface area contributed by atoms with E-state index in [2.05, 4.69) is 20.3 Å². The second-order valence-corrected chi connectivity index (χ2v) is 7.11. The zero-order chi connectivity index (χ0) is 22.5. The molecule has 4 rings (SSSR count). The number of methoxy groups -OCH3 is 1. The van der Waals surface area contributed by atoms with Crippen molar-refractivity contribution in [3.8, 4) is 5.75 Å². The summed E-state index contributed by atoms with van der Waals surface area (Å²) in [7, 11) is 1.53. The van der Waals surface area contributed by atoms with E-state index in [1.165, 1.54) is 12.0 Å². The van der Waals surface area contributed by atoms with E-state index in [4.69, 9.17) is 15.2 Å². The molecule has 0 bridgehead atoms. The minimum Gasteiger partial charge on any atom is -0.495 e. The molecular weight excluding hydrogens is 412 g/mol. The van der Waals surface area contributed by atoms with Crippen LogP contribution in [0, 0.1) is 5.92 Å². The highest BCUT2D eigenvalue weighted by Gasteiger charge is 2.37. The number of hydrogen-bond acceptors (Lipinski definition) is 9. The highest BCUT2D eigenvalue weighted by molar-refractivity contribution is 6.00. The van der Waals surface area contributed by atoms with Crippen molar-refractivity contribution in [2.75, 3.05) is 29.6 Å². The zero-order valence-corrected chi connectivity index (χ0v) is 17.4. The van der Waals surface area contributed by atoms with Crippen molar-refractivity contribution in [2.24, 2.45) is 5.92 Å². The number of carbonyl (C=O) groups is 2. The topological polar surface area (TPSA) is 133 Å². The number of amides is 1. The first kappa shape index (κ1) is 21.0. The van der Waals surface area contributed by atoms with Crippen molar-refractivity contribution < 1.29 is 19.1 Å². The number of nitrogen functional groups attached to an aromatic ring is 1. The van der Waals surface area contributed by atoms with Crippen LogP contribution in [0.15, 0.2) is 54.6 Å². The fraction of sp³-hybridized carbons (Fsp3) is 0.227. The van der Waals surface area contributed by atoms with Gasteiger partial charge in [-0.25, -0.2) is 0 Å². The van der Waals surface area contributed by atoms with E-state index >= 15 is 0 Å². The molecule has 10 heteroatoms. The first-order valence-corrected chi connectivity index (χ1v) is 9.96. The number of nitrogens with two attached hydrogens (primary N) is 1. The van der Waals surface area contributed by atoms with E-state index in [0.717, 1.165) is 5.69 Å². The van der Waals surface area contributed by atoms with Gasteiger partial charge in [-0.1, -0.05) is 30.3 Å². The number of nitrogens with zero attached hydrogens (tertiary/aromatic N) is 4. The molecule has 3 aromatic rings. The molecule has 0 spiro atoms. The molecule has 10 nitrogen and oxygen atoms in total. The van der Waals surface area contributed by atoms with Crippen LogP contribution in [0.4, 0.5) is 23.3 Å². The van der Waals surface area contributed by atoms with Gasteiger partial charge in [0, 0.05) is 18.7 Å². The van der Waals surface area contributed by atoms with Crippen LogP contribution in [0.25, 0.3) is 0 Å². The van der Waals surface area contributed by atoms with Crippen LogP contribution < -0.4 is 20.7 Å². The van der Waals surface area contributed by atoms with E-state index in [9.17, 15) is 9.59 Å². The largest absolute Gasteiger partial charge is 0.495 e. The van der Waals surface area contributed by atoms with Crippen LogP contribution >= 0.6 is 0 Å². The van der Waals surface area contributed by atoms with Gasteiger partial charge in [-0.3, -0.25) is 9.59 Å². The number of nitrogens with one attached hydrogen (secondary N) is 1. The van der Waals surface area contributed by atoms with Crippen molar-refractivity contribution in [1.29, 1.82) is 0 Å². The molecule has 1 saturated heterocycles. The molecule has 0 saturated carbocycles. The van der Waals surface area contributed by atoms with Gasteiger partial charge >= 0.3 is 5.97 Å². The first-order chi connectivity index (χ1) is 15.5. The lowest BCUT2D eigenvalue weighted by molar-refractivity contribution is -0.149. The summed E-state index contributed by atoms with van der Waals surface area (Å²) in [6.45, 7) is 0.0204. The Kier molecular flexibility index (Phi) is 6.11. The van der Waals surface area contributed by atoms with Crippen molar-refractivity contribution in [2.45, 2.75) is 13.0 Å². The van der Waals surface area contributed by atoms with Gasteiger partial charge in [-0.2, -0.15) is 15.0 Å². The van der Waals surface area contributed by atoms with Crippen molar-refractivity contribution in [1.82, 2.24) is 15.0 Å². The summed E-state index contributed by atoms with van der Waals surface area (Å²) in [6, 6.07) is 16.5. The van der Waals surface area contributed by atoms with Gasteiger partial charge in [0.05, 0.1) is 18.7 Å². The molecule has 2 heterocycles. The maximum Gasteiger partial charge on any atom is 0.311 e. The summed E-state index contributed by atoms with van der Waals surface area (Å²) in [4.78, 5) is 38.9. The molecule has 32 heavy (non-hydrogen) atoms. The highest BCUT2D eigenvalue weighted by atomic mass is 16.5. The third kappa shape index (κ3) is 4.75. The number of benzene rings is 2. The first-order valence-electron chi connectivity index (χ1n) is 9.96. The van der Waals surface area contributed by atoms with Gasteiger partial charge < -0.3 is 25.4 Å². The number of para-hydroxylation sites is 3. The van der Waals surface area contributed by atoms with Gasteiger partial charge in [0.15, 0.2) is 12.4 Å². The van der Waals surface area contributed by atoms with Crippen LogP contribution in [0.3, 0.4) is 0 Å². The van der Waals surface area contributed by atoms with Crippen LogP contribution in [0.5, 0.6) is 5.75 Å². The van der Waals surface area contributed by atoms with E-state index in [1.807, 2.05) is 42.5 Å². The third-order valence-electron chi connectivity index (χ3n) is 4.91. The Morgan fingerprint density at radius 1 is 1.12 bits per heavy atom. The number of carbonyl (C=O) groups excluding carboxylic acids is 2. The Bertz CT molecular complexity index is 1120. The molecule has 2 aromatic carbocycles.